The van der Waals surface area contributed by atoms with Gasteiger partial charge in [-0.05, 0) is 52.2 Å². The second-order valence-corrected chi connectivity index (χ2v) is 7.25. The third-order valence-corrected chi connectivity index (χ3v) is 4.74. The molecule has 3 N–H and O–H groups in total. The van der Waals surface area contributed by atoms with Crippen LogP contribution in [0.4, 0.5) is 10.1 Å². The molecule has 0 radical (unpaired) electrons. The Bertz CT molecular complexity index is 772. The van der Waals surface area contributed by atoms with Crippen LogP contribution in [0.25, 0.3) is 0 Å². The highest BCUT2D eigenvalue weighted by Gasteiger charge is 2.15. The van der Waals surface area contributed by atoms with Crippen LogP contribution in [-0.4, -0.2) is 22.1 Å². The SMILES string of the molecule is COc1ccc(CCNc2c(F)cc(S(N)(=O)=O)cc2Br)cc1. The largest absolute Gasteiger partial charge is 0.497 e. The number of sulfonamides is 1. The van der Waals surface area contributed by atoms with Gasteiger partial charge in [-0.25, -0.2) is 17.9 Å². The molecule has 124 valence electrons. The highest BCUT2D eigenvalue weighted by atomic mass is 79.9. The molecule has 0 aromatic heterocycles. The van der Waals surface area contributed by atoms with E-state index in [4.69, 9.17) is 9.88 Å². The summed E-state index contributed by atoms with van der Waals surface area (Å²) in [4.78, 5) is -0.275. The number of methoxy groups -OCH3 is 1. The zero-order valence-corrected chi connectivity index (χ0v) is 14.7. The van der Waals surface area contributed by atoms with Gasteiger partial charge in [0.15, 0.2) is 0 Å². The van der Waals surface area contributed by atoms with E-state index in [2.05, 4.69) is 21.2 Å². The lowest BCUT2D eigenvalue weighted by atomic mass is 10.1. The van der Waals surface area contributed by atoms with Gasteiger partial charge in [-0.2, -0.15) is 0 Å². The number of rotatable bonds is 6. The molecule has 0 saturated carbocycles. The molecule has 2 aromatic rings. The van der Waals surface area contributed by atoms with Crippen molar-refractivity contribution in [3.8, 4) is 5.75 Å². The average Bonchev–Trinajstić information content (AvgIpc) is 2.49. The lowest BCUT2D eigenvalue weighted by molar-refractivity contribution is 0.414. The van der Waals surface area contributed by atoms with Crippen LogP contribution in [0, 0.1) is 5.82 Å². The van der Waals surface area contributed by atoms with E-state index in [1.165, 1.54) is 6.07 Å². The molecule has 2 rings (SSSR count). The fourth-order valence-electron chi connectivity index (χ4n) is 2.01. The Kier molecular flexibility index (Phi) is 5.61. The number of hydrogen-bond donors (Lipinski definition) is 2. The van der Waals surface area contributed by atoms with Gasteiger partial charge in [0.2, 0.25) is 10.0 Å². The molecule has 0 amide bonds. The number of halogens is 2. The van der Waals surface area contributed by atoms with Crippen LogP contribution in [0.15, 0.2) is 45.8 Å². The number of nitrogens with two attached hydrogens (primary N) is 1. The van der Waals surface area contributed by atoms with E-state index in [1.54, 1.807) is 7.11 Å². The molecule has 0 fully saturated rings. The van der Waals surface area contributed by atoms with Gasteiger partial charge in [-0.1, -0.05) is 12.1 Å². The van der Waals surface area contributed by atoms with Crippen LogP contribution in [0.1, 0.15) is 5.56 Å². The zero-order valence-electron chi connectivity index (χ0n) is 12.3. The quantitative estimate of drug-likeness (QED) is 0.777. The van der Waals surface area contributed by atoms with Gasteiger partial charge in [0, 0.05) is 11.0 Å². The number of ether oxygens (including phenoxy) is 1. The Labute approximate surface area is 142 Å². The van der Waals surface area contributed by atoms with Crippen LogP contribution >= 0.6 is 15.9 Å². The van der Waals surface area contributed by atoms with E-state index < -0.39 is 15.8 Å². The summed E-state index contributed by atoms with van der Waals surface area (Å²) in [6.07, 6.45) is 0.673. The molecule has 0 saturated heterocycles. The summed E-state index contributed by atoms with van der Waals surface area (Å²) in [7, 11) is -2.35. The van der Waals surface area contributed by atoms with Crippen molar-refractivity contribution >= 4 is 31.6 Å². The second kappa shape index (κ2) is 7.29. The van der Waals surface area contributed by atoms with Gasteiger partial charge < -0.3 is 10.1 Å². The summed E-state index contributed by atoms with van der Waals surface area (Å²) in [5.74, 6) is 0.0900. The summed E-state index contributed by atoms with van der Waals surface area (Å²) in [6.45, 7) is 0.483. The van der Waals surface area contributed by atoms with E-state index >= 15 is 0 Å². The van der Waals surface area contributed by atoms with Crippen molar-refractivity contribution in [1.29, 1.82) is 0 Å². The monoisotopic (exact) mass is 402 g/mol. The first-order valence-electron chi connectivity index (χ1n) is 6.70. The topological polar surface area (TPSA) is 81.4 Å². The lowest BCUT2D eigenvalue weighted by Gasteiger charge is -2.11. The molecule has 0 aliphatic rings. The third-order valence-electron chi connectivity index (χ3n) is 3.22. The Morgan fingerprint density at radius 1 is 1.26 bits per heavy atom. The second-order valence-electron chi connectivity index (χ2n) is 4.83. The lowest BCUT2D eigenvalue weighted by Crippen LogP contribution is -2.14. The van der Waals surface area contributed by atoms with Gasteiger partial charge in [-0.3, -0.25) is 0 Å². The Balaban J connectivity index is 2.05. The summed E-state index contributed by atoms with van der Waals surface area (Å²) in [5.41, 5.74) is 1.27. The van der Waals surface area contributed by atoms with Gasteiger partial charge in [-0.15, -0.1) is 0 Å². The van der Waals surface area contributed by atoms with E-state index in [1.807, 2.05) is 24.3 Å². The molecule has 8 heteroatoms. The van der Waals surface area contributed by atoms with Crippen molar-refractivity contribution in [3.05, 3.63) is 52.3 Å². The van der Waals surface area contributed by atoms with Crippen molar-refractivity contribution in [3.63, 3.8) is 0 Å². The molecule has 0 aliphatic carbocycles. The normalized spacial score (nSPS) is 11.3. The highest BCUT2D eigenvalue weighted by molar-refractivity contribution is 9.10. The molecule has 0 atom stereocenters. The van der Waals surface area contributed by atoms with E-state index in [-0.39, 0.29) is 10.6 Å². The summed E-state index contributed by atoms with van der Waals surface area (Å²) in [5, 5.41) is 7.95. The molecule has 0 aliphatic heterocycles. The van der Waals surface area contributed by atoms with Crippen molar-refractivity contribution < 1.29 is 17.5 Å². The van der Waals surface area contributed by atoms with Crippen LogP contribution in [0.2, 0.25) is 0 Å². The molecular formula is C15H16BrFN2O3S. The maximum Gasteiger partial charge on any atom is 0.238 e. The van der Waals surface area contributed by atoms with E-state index in [9.17, 15) is 12.8 Å². The minimum atomic E-state index is -3.94. The van der Waals surface area contributed by atoms with Crippen LogP contribution in [-0.2, 0) is 16.4 Å². The van der Waals surface area contributed by atoms with Gasteiger partial charge in [0.25, 0.3) is 0 Å². The number of hydrogen-bond acceptors (Lipinski definition) is 4. The molecule has 0 spiro atoms. The number of primary sulfonamides is 1. The summed E-state index contributed by atoms with van der Waals surface area (Å²) < 4.78 is 41.9. The fraction of sp³-hybridized carbons (Fsp3) is 0.200. The first kappa shape index (κ1) is 17.7. The molecule has 5 nitrogen and oxygen atoms in total. The van der Waals surface area contributed by atoms with Gasteiger partial charge >= 0.3 is 0 Å². The van der Waals surface area contributed by atoms with E-state index in [0.717, 1.165) is 17.4 Å². The molecule has 2 aromatic carbocycles. The van der Waals surface area contributed by atoms with Crippen LogP contribution in [0.3, 0.4) is 0 Å². The predicted molar refractivity (Wildman–Crippen MR) is 90.7 cm³/mol. The Morgan fingerprint density at radius 2 is 1.91 bits per heavy atom. The average molecular weight is 403 g/mol. The van der Waals surface area contributed by atoms with Crippen LogP contribution < -0.4 is 15.2 Å². The van der Waals surface area contributed by atoms with Crippen molar-refractivity contribution in [2.75, 3.05) is 19.0 Å². The first-order chi connectivity index (χ1) is 10.8. The summed E-state index contributed by atoms with van der Waals surface area (Å²) >= 11 is 3.16. The summed E-state index contributed by atoms with van der Waals surface area (Å²) in [6, 6.07) is 9.73. The maximum absolute atomic E-state index is 14.0. The number of nitrogens with one attached hydrogen (secondary N) is 1. The molecule has 0 heterocycles. The maximum atomic E-state index is 14.0. The van der Waals surface area contributed by atoms with E-state index in [0.29, 0.717) is 17.4 Å². The van der Waals surface area contributed by atoms with Crippen molar-refractivity contribution in [2.45, 2.75) is 11.3 Å². The minimum absolute atomic E-state index is 0.200. The molecular weight excluding hydrogens is 387 g/mol. The number of anilines is 1. The van der Waals surface area contributed by atoms with Gasteiger partial charge in [0.05, 0.1) is 17.7 Å². The fourth-order valence-corrected chi connectivity index (χ4v) is 3.28. The van der Waals surface area contributed by atoms with Gasteiger partial charge in [0.1, 0.15) is 11.6 Å². The molecule has 0 bridgehead atoms. The standard InChI is InChI=1S/C15H16BrFN2O3S/c1-22-11-4-2-10(3-5-11)6-7-19-15-13(16)8-12(9-14(15)17)23(18,20)21/h2-5,8-9,19H,6-7H2,1H3,(H2,18,20,21). The number of benzene rings is 2. The van der Waals surface area contributed by atoms with Crippen molar-refractivity contribution in [2.24, 2.45) is 5.14 Å². The zero-order chi connectivity index (χ0) is 17.0. The van der Waals surface area contributed by atoms with Crippen LogP contribution in [0.5, 0.6) is 5.75 Å². The van der Waals surface area contributed by atoms with Crippen molar-refractivity contribution in [1.82, 2.24) is 0 Å². The highest BCUT2D eigenvalue weighted by Crippen LogP contribution is 2.28. The predicted octanol–water partition coefficient (Wildman–Crippen LogP) is 2.90. The smallest absolute Gasteiger partial charge is 0.238 e. The Hall–Kier alpha value is -1.64. The molecule has 23 heavy (non-hydrogen) atoms. The minimum Gasteiger partial charge on any atom is -0.497 e. The third kappa shape index (κ3) is 4.66. The first-order valence-corrected chi connectivity index (χ1v) is 9.04. The molecule has 0 unspecified atom stereocenters. The Morgan fingerprint density at radius 3 is 2.43 bits per heavy atom.